The molecule has 0 bridgehead atoms. The smallest absolute Gasteiger partial charge is 0.125 e. The molecule has 2 rings (SSSR count). The van der Waals surface area contributed by atoms with Crippen LogP contribution in [0.3, 0.4) is 0 Å². The van der Waals surface area contributed by atoms with E-state index in [2.05, 4.69) is 24.3 Å². The average Bonchev–Trinajstić information content (AvgIpc) is 2.68. The van der Waals surface area contributed by atoms with Crippen LogP contribution in [0.15, 0.2) is 30.5 Å². The Balaban J connectivity index is 2.10. The fourth-order valence-corrected chi connectivity index (χ4v) is 1.97. The van der Waals surface area contributed by atoms with Gasteiger partial charge in [0.2, 0.25) is 0 Å². The van der Waals surface area contributed by atoms with E-state index in [9.17, 15) is 4.39 Å². The zero-order valence-corrected chi connectivity index (χ0v) is 10.9. The molecule has 0 fully saturated rings. The van der Waals surface area contributed by atoms with E-state index in [1.54, 1.807) is 6.07 Å². The van der Waals surface area contributed by atoms with E-state index in [1.165, 1.54) is 12.1 Å². The Bertz CT molecular complexity index is 532. The summed E-state index contributed by atoms with van der Waals surface area (Å²) < 4.78 is 14.9. The molecule has 2 aromatic rings. The SMILES string of the molecule is CC(C)c1nn(C)cc1CNc1cccc(F)c1. The Labute approximate surface area is 107 Å². The molecule has 0 unspecified atom stereocenters. The zero-order valence-electron chi connectivity index (χ0n) is 10.9. The number of nitrogens with zero attached hydrogens (tertiary/aromatic N) is 2. The molecule has 0 aliphatic rings. The van der Waals surface area contributed by atoms with Crippen LogP contribution < -0.4 is 5.32 Å². The summed E-state index contributed by atoms with van der Waals surface area (Å²) in [5.41, 5.74) is 3.02. The van der Waals surface area contributed by atoms with Crippen LogP contribution >= 0.6 is 0 Å². The van der Waals surface area contributed by atoms with Crippen LogP contribution in [0.4, 0.5) is 10.1 Å². The minimum absolute atomic E-state index is 0.227. The third-order valence-electron chi connectivity index (χ3n) is 2.79. The minimum atomic E-state index is -0.227. The van der Waals surface area contributed by atoms with E-state index in [1.807, 2.05) is 24.0 Å². The fourth-order valence-electron chi connectivity index (χ4n) is 1.97. The van der Waals surface area contributed by atoms with Gasteiger partial charge in [-0.3, -0.25) is 4.68 Å². The van der Waals surface area contributed by atoms with Crippen molar-refractivity contribution in [3.63, 3.8) is 0 Å². The van der Waals surface area contributed by atoms with E-state index >= 15 is 0 Å². The van der Waals surface area contributed by atoms with Gasteiger partial charge in [-0.05, 0) is 24.1 Å². The van der Waals surface area contributed by atoms with Gasteiger partial charge in [-0.1, -0.05) is 19.9 Å². The zero-order chi connectivity index (χ0) is 13.1. The van der Waals surface area contributed by atoms with E-state index in [4.69, 9.17) is 0 Å². The highest BCUT2D eigenvalue weighted by molar-refractivity contribution is 5.44. The predicted octanol–water partition coefficient (Wildman–Crippen LogP) is 3.29. The maximum Gasteiger partial charge on any atom is 0.125 e. The van der Waals surface area contributed by atoms with Crippen LogP contribution in [0.5, 0.6) is 0 Å². The average molecular weight is 247 g/mol. The van der Waals surface area contributed by atoms with Crippen molar-refractivity contribution in [3.8, 4) is 0 Å². The molecule has 4 heteroatoms. The summed E-state index contributed by atoms with van der Waals surface area (Å²) in [6, 6.07) is 6.49. The molecule has 0 aliphatic carbocycles. The lowest BCUT2D eigenvalue weighted by Crippen LogP contribution is -2.02. The van der Waals surface area contributed by atoms with Crippen molar-refractivity contribution in [2.24, 2.45) is 7.05 Å². The summed E-state index contributed by atoms with van der Waals surface area (Å²) in [6.45, 7) is 4.90. The summed E-state index contributed by atoms with van der Waals surface area (Å²) in [6.07, 6.45) is 2.00. The van der Waals surface area contributed by atoms with Crippen molar-refractivity contribution in [2.45, 2.75) is 26.3 Å². The Morgan fingerprint density at radius 1 is 1.39 bits per heavy atom. The molecule has 0 aliphatic heterocycles. The lowest BCUT2D eigenvalue weighted by atomic mass is 10.1. The predicted molar refractivity (Wildman–Crippen MR) is 71.0 cm³/mol. The number of anilines is 1. The molecule has 1 aromatic heterocycles. The van der Waals surface area contributed by atoms with Gasteiger partial charge in [0, 0.05) is 31.0 Å². The Morgan fingerprint density at radius 3 is 2.83 bits per heavy atom. The van der Waals surface area contributed by atoms with Gasteiger partial charge in [0.25, 0.3) is 0 Å². The molecule has 1 aromatic carbocycles. The van der Waals surface area contributed by atoms with Gasteiger partial charge in [-0.2, -0.15) is 5.10 Å². The summed E-state index contributed by atoms with van der Waals surface area (Å²) in [4.78, 5) is 0. The molecule has 0 saturated carbocycles. The number of halogens is 1. The quantitative estimate of drug-likeness (QED) is 0.898. The molecular formula is C14H18FN3. The number of aromatic nitrogens is 2. The van der Waals surface area contributed by atoms with Crippen molar-refractivity contribution in [2.75, 3.05) is 5.32 Å². The van der Waals surface area contributed by atoms with E-state index in [-0.39, 0.29) is 5.82 Å². The van der Waals surface area contributed by atoms with Gasteiger partial charge in [-0.25, -0.2) is 4.39 Å². The third-order valence-corrected chi connectivity index (χ3v) is 2.79. The monoisotopic (exact) mass is 247 g/mol. The highest BCUT2D eigenvalue weighted by Gasteiger charge is 2.10. The molecule has 0 amide bonds. The largest absolute Gasteiger partial charge is 0.381 e. The maximum atomic E-state index is 13.0. The molecule has 0 saturated heterocycles. The summed E-state index contributed by atoms with van der Waals surface area (Å²) in [7, 11) is 1.91. The minimum Gasteiger partial charge on any atom is -0.381 e. The second-order valence-corrected chi connectivity index (χ2v) is 4.73. The number of hydrogen-bond donors (Lipinski definition) is 1. The number of benzene rings is 1. The number of rotatable bonds is 4. The first kappa shape index (κ1) is 12.6. The third kappa shape index (κ3) is 2.88. The Kier molecular flexibility index (Phi) is 3.65. The molecule has 1 N–H and O–H groups in total. The van der Waals surface area contributed by atoms with Gasteiger partial charge < -0.3 is 5.32 Å². The van der Waals surface area contributed by atoms with Crippen LogP contribution in [-0.2, 0) is 13.6 Å². The van der Waals surface area contributed by atoms with Crippen LogP contribution in [0.1, 0.15) is 31.0 Å². The van der Waals surface area contributed by atoms with Crippen LogP contribution in [-0.4, -0.2) is 9.78 Å². The Hall–Kier alpha value is -1.84. The van der Waals surface area contributed by atoms with Gasteiger partial charge in [0.15, 0.2) is 0 Å². The fraction of sp³-hybridized carbons (Fsp3) is 0.357. The van der Waals surface area contributed by atoms with E-state index < -0.39 is 0 Å². The summed E-state index contributed by atoms with van der Waals surface area (Å²) in [5, 5.41) is 7.66. The van der Waals surface area contributed by atoms with E-state index in [0.29, 0.717) is 12.5 Å². The van der Waals surface area contributed by atoms with Gasteiger partial charge in [0.1, 0.15) is 5.82 Å². The number of hydrogen-bond acceptors (Lipinski definition) is 2. The molecule has 0 radical (unpaired) electrons. The molecule has 96 valence electrons. The summed E-state index contributed by atoms with van der Waals surface area (Å²) >= 11 is 0. The van der Waals surface area contributed by atoms with Gasteiger partial charge in [0.05, 0.1) is 5.69 Å². The molecule has 0 atom stereocenters. The molecule has 1 heterocycles. The second-order valence-electron chi connectivity index (χ2n) is 4.73. The molecule has 18 heavy (non-hydrogen) atoms. The van der Waals surface area contributed by atoms with Crippen LogP contribution in [0, 0.1) is 5.82 Å². The lowest BCUT2D eigenvalue weighted by molar-refractivity contribution is 0.628. The second kappa shape index (κ2) is 5.21. The molecular weight excluding hydrogens is 229 g/mol. The number of aryl methyl sites for hydroxylation is 1. The van der Waals surface area contributed by atoms with Crippen LogP contribution in [0.25, 0.3) is 0 Å². The van der Waals surface area contributed by atoms with Gasteiger partial charge in [-0.15, -0.1) is 0 Å². The van der Waals surface area contributed by atoms with Crippen molar-refractivity contribution in [1.29, 1.82) is 0 Å². The molecule has 0 spiro atoms. The highest BCUT2D eigenvalue weighted by atomic mass is 19.1. The lowest BCUT2D eigenvalue weighted by Gasteiger charge is -2.08. The van der Waals surface area contributed by atoms with Crippen molar-refractivity contribution >= 4 is 5.69 Å². The summed E-state index contributed by atoms with van der Waals surface area (Å²) in [5.74, 6) is 0.158. The Morgan fingerprint density at radius 2 is 2.17 bits per heavy atom. The first-order valence-electron chi connectivity index (χ1n) is 6.08. The maximum absolute atomic E-state index is 13.0. The standard InChI is InChI=1S/C14H18FN3/c1-10(2)14-11(9-18(3)17-14)8-16-13-6-4-5-12(15)7-13/h4-7,9-10,16H,8H2,1-3H3. The normalized spacial score (nSPS) is 10.9. The van der Waals surface area contributed by atoms with E-state index in [0.717, 1.165) is 16.9 Å². The van der Waals surface area contributed by atoms with Crippen molar-refractivity contribution in [1.82, 2.24) is 9.78 Å². The van der Waals surface area contributed by atoms with Crippen molar-refractivity contribution in [3.05, 3.63) is 47.5 Å². The first-order valence-corrected chi connectivity index (χ1v) is 6.08. The highest BCUT2D eigenvalue weighted by Crippen LogP contribution is 2.19. The first-order chi connectivity index (χ1) is 8.56. The topological polar surface area (TPSA) is 29.9 Å². The molecule has 3 nitrogen and oxygen atoms in total. The van der Waals surface area contributed by atoms with Gasteiger partial charge >= 0.3 is 0 Å². The number of nitrogens with one attached hydrogen (secondary N) is 1. The van der Waals surface area contributed by atoms with Crippen molar-refractivity contribution < 1.29 is 4.39 Å². The van der Waals surface area contributed by atoms with Crippen LogP contribution in [0.2, 0.25) is 0 Å².